The predicted molar refractivity (Wildman–Crippen MR) is 50.8 cm³/mol. The monoisotopic (exact) mass is 191 g/mol. The van der Waals surface area contributed by atoms with Crippen LogP contribution >= 0.6 is 22.2 Å². The van der Waals surface area contributed by atoms with Crippen molar-refractivity contribution in [3.63, 3.8) is 0 Å². The van der Waals surface area contributed by atoms with E-state index in [1.54, 1.807) is 0 Å². The van der Waals surface area contributed by atoms with Gasteiger partial charge in [-0.05, 0) is 0 Å². The Morgan fingerprint density at radius 3 is 1.90 bits per heavy atom. The van der Waals surface area contributed by atoms with Crippen LogP contribution in [-0.2, 0) is 0 Å². The van der Waals surface area contributed by atoms with Gasteiger partial charge in [-0.25, -0.2) is 0 Å². The van der Waals surface area contributed by atoms with Crippen LogP contribution in [-0.4, -0.2) is 6.69 Å². The summed E-state index contributed by atoms with van der Waals surface area (Å²) >= 11 is 12.0. The van der Waals surface area contributed by atoms with Crippen LogP contribution in [0.3, 0.4) is 0 Å². The molecule has 0 saturated carbocycles. The normalized spacial score (nSPS) is 13.1. The summed E-state index contributed by atoms with van der Waals surface area (Å²) in [5, 5.41) is 1.10. The zero-order valence-corrected chi connectivity index (χ0v) is 8.39. The second kappa shape index (κ2) is 2.95. The van der Waals surface area contributed by atoms with Gasteiger partial charge < -0.3 is 0 Å². The van der Waals surface area contributed by atoms with Crippen molar-refractivity contribution in [1.82, 2.24) is 0 Å². The maximum absolute atomic E-state index is 5.99. The van der Waals surface area contributed by atoms with Gasteiger partial charge in [-0.2, -0.15) is 0 Å². The number of hydrogen-bond acceptors (Lipinski definition) is 0. The van der Waals surface area contributed by atoms with Gasteiger partial charge in [0.05, 0.1) is 0 Å². The zero-order valence-electron chi connectivity index (χ0n) is 5.72. The molecule has 0 bridgehead atoms. The third kappa shape index (κ3) is 2.01. The van der Waals surface area contributed by atoms with Crippen LogP contribution in [0.1, 0.15) is 0 Å². The summed E-state index contributed by atoms with van der Waals surface area (Å²) in [6, 6.07) is 9.83. The molecule has 0 aliphatic heterocycles. The summed E-state index contributed by atoms with van der Waals surface area (Å²) in [5.41, 5.74) is 0. The average molecular weight is 192 g/mol. The van der Waals surface area contributed by atoms with E-state index in [9.17, 15) is 0 Å². The molecule has 0 unspecified atom stereocenters. The number of benzene rings is 1. The summed E-state index contributed by atoms with van der Waals surface area (Å²) < 4.78 is 0. The van der Waals surface area contributed by atoms with Gasteiger partial charge in [0, 0.05) is 0 Å². The van der Waals surface area contributed by atoms with Gasteiger partial charge in [-0.1, -0.05) is 0 Å². The van der Waals surface area contributed by atoms with Crippen LogP contribution in [0.2, 0.25) is 6.55 Å². The molecule has 0 amide bonds. The van der Waals surface area contributed by atoms with Gasteiger partial charge >= 0.3 is 70.9 Å². The molecule has 0 spiro atoms. The van der Waals surface area contributed by atoms with E-state index in [4.69, 9.17) is 22.2 Å². The summed E-state index contributed by atoms with van der Waals surface area (Å²) in [7, 11) is 0. The fourth-order valence-corrected chi connectivity index (χ4v) is 2.56. The van der Waals surface area contributed by atoms with E-state index >= 15 is 0 Å². The average Bonchev–Trinajstić information content (AvgIpc) is 1.88. The Kier molecular flexibility index (Phi) is 2.39. The van der Waals surface area contributed by atoms with Crippen molar-refractivity contribution in [2.75, 3.05) is 0 Å². The summed E-state index contributed by atoms with van der Waals surface area (Å²) in [6.45, 7) is -0.432. The van der Waals surface area contributed by atoms with Gasteiger partial charge in [-0.15, -0.1) is 0 Å². The van der Waals surface area contributed by atoms with E-state index in [2.05, 4.69) is 0 Å². The summed E-state index contributed by atoms with van der Waals surface area (Å²) in [5.74, 6) is 0. The Labute approximate surface area is 71.2 Å². The van der Waals surface area contributed by atoms with Crippen LogP contribution in [0.5, 0.6) is 0 Å². The molecule has 0 fully saturated rings. The molecule has 0 aliphatic rings. The quantitative estimate of drug-likeness (QED) is 0.472. The molecule has 0 saturated heterocycles. The minimum atomic E-state index is -2.35. The third-order valence-electron chi connectivity index (χ3n) is 1.38. The Hall–Kier alpha value is 0.0169. The van der Waals surface area contributed by atoms with Crippen molar-refractivity contribution >= 4 is 34.0 Å². The van der Waals surface area contributed by atoms with E-state index in [0.29, 0.717) is 0 Å². The third-order valence-corrected chi connectivity index (χ3v) is 4.45. The molecule has 0 heterocycles. The molecule has 1 rings (SSSR count). The standard InChI is InChI=1S/C7H9Cl2Si/c1-10(8,9)7-5-3-2-4-6-7/h2-6,10H,1H3/q-1. The molecule has 1 aromatic rings. The van der Waals surface area contributed by atoms with Gasteiger partial charge in [0.15, 0.2) is 0 Å². The van der Waals surface area contributed by atoms with Gasteiger partial charge in [0.25, 0.3) is 0 Å². The van der Waals surface area contributed by atoms with E-state index in [1.165, 1.54) is 0 Å². The Morgan fingerprint density at radius 2 is 1.60 bits per heavy atom. The van der Waals surface area contributed by atoms with Crippen molar-refractivity contribution in [1.29, 1.82) is 0 Å². The fourth-order valence-electron chi connectivity index (χ4n) is 0.791. The van der Waals surface area contributed by atoms with E-state index in [0.717, 1.165) is 5.19 Å². The molecule has 1 aromatic carbocycles. The minimum absolute atomic E-state index is 1.10. The molecule has 0 aliphatic carbocycles. The molecular weight excluding hydrogens is 183 g/mol. The Morgan fingerprint density at radius 1 is 1.10 bits per heavy atom. The number of hydrogen-bond donors (Lipinski definition) is 0. The second-order valence-electron chi connectivity index (χ2n) is 2.44. The maximum atomic E-state index is 5.99. The van der Waals surface area contributed by atoms with Crippen LogP contribution in [0.15, 0.2) is 30.3 Å². The van der Waals surface area contributed by atoms with Crippen molar-refractivity contribution < 1.29 is 0 Å². The van der Waals surface area contributed by atoms with Crippen LogP contribution in [0.25, 0.3) is 0 Å². The predicted octanol–water partition coefficient (Wildman–Crippen LogP) is 2.18. The number of halogens is 2. The van der Waals surface area contributed by atoms with E-state index < -0.39 is 6.69 Å². The number of rotatable bonds is 1. The molecule has 0 N–H and O–H groups in total. The first-order chi connectivity index (χ1) is 4.61. The van der Waals surface area contributed by atoms with Crippen molar-refractivity contribution in [3.05, 3.63) is 30.3 Å². The van der Waals surface area contributed by atoms with Crippen LogP contribution < -0.4 is 5.19 Å². The molecule has 0 aromatic heterocycles. The Bertz CT molecular complexity index is 203. The molecule has 3 heteroatoms. The van der Waals surface area contributed by atoms with E-state index in [-0.39, 0.29) is 0 Å². The van der Waals surface area contributed by atoms with E-state index in [1.807, 2.05) is 36.9 Å². The van der Waals surface area contributed by atoms with Crippen LogP contribution in [0.4, 0.5) is 0 Å². The summed E-state index contributed by atoms with van der Waals surface area (Å²) in [6.07, 6.45) is 0. The molecule has 56 valence electrons. The SMILES string of the molecule is C[SiH-](Cl)(Cl)c1ccccc1. The molecule has 0 atom stereocenters. The second-order valence-corrected chi connectivity index (χ2v) is 11.1. The fraction of sp³-hybridized carbons (Fsp3) is 0.143. The molecule has 10 heavy (non-hydrogen) atoms. The van der Waals surface area contributed by atoms with Gasteiger partial charge in [0.1, 0.15) is 0 Å². The first-order valence-electron chi connectivity index (χ1n) is 3.21. The molecule has 0 nitrogen and oxygen atoms in total. The first kappa shape index (κ1) is 8.12. The first-order valence-corrected chi connectivity index (χ1v) is 8.44. The van der Waals surface area contributed by atoms with Crippen molar-refractivity contribution in [2.45, 2.75) is 6.55 Å². The van der Waals surface area contributed by atoms with Gasteiger partial charge in [0.2, 0.25) is 0 Å². The van der Waals surface area contributed by atoms with Gasteiger partial charge in [-0.3, -0.25) is 0 Å². The summed E-state index contributed by atoms with van der Waals surface area (Å²) in [4.78, 5) is 0. The Balaban J connectivity index is 2.97. The molecular formula is C7H9Cl2Si-. The topological polar surface area (TPSA) is 0 Å². The van der Waals surface area contributed by atoms with Crippen molar-refractivity contribution in [3.8, 4) is 0 Å². The zero-order chi connectivity index (χ0) is 7.61. The van der Waals surface area contributed by atoms with Crippen molar-refractivity contribution in [2.24, 2.45) is 0 Å². The molecule has 0 radical (unpaired) electrons. The van der Waals surface area contributed by atoms with Crippen LogP contribution in [0, 0.1) is 0 Å².